The van der Waals surface area contributed by atoms with Crippen molar-refractivity contribution < 1.29 is 0 Å². The number of hydrogen-bond donors (Lipinski definition) is 0. The van der Waals surface area contributed by atoms with Crippen molar-refractivity contribution in [3.05, 3.63) is 48.7 Å². The minimum Gasteiger partial charge on any atom is -0.250 e. The van der Waals surface area contributed by atoms with Crippen molar-refractivity contribution in [1.82, 2.24) is 34.5 Å². The Balaban J connectivity index is 1.56. The third-order valence-corrected chi connectivity index (χ3v) is 5.11. The highest BCUT2D eigenvalue weighted by Crippen LogP contribution is 2.41. The largest absolute Gasteiger partial charge is 0.250 e. The van der Waals surface area contributed by atoms with Crippen molar-refractivity contribution in [2.45, 2.75) is 28.9 Å². The molecule has 0 atom stereocenters. The molecular formula is C17H15N7S. The van der Waals surface area contributed by atoms with Crippen LogP contribution in [-0.4, -0.2) is 34.5 Å². The van der Waals surface area contributed by atoms with Crippen molar-refractivity contribution in [1.29, 1.82) is 0 Å². The first kappa shape index (κ1) is 14.6. The van der Waals surface area contributed by atoms with E-state index in [0.29, 0.717) is 11.1 Å². The van der Waals surface area contributed by atoms with E-state index in [2.05, 4.69) is 27.2 Å². The highest BCUT2D eigenvalue weighted by Gasteiger charge is 2.30. The van der Waals surface area contributed by atoms with E-state index in [4.69, 9.17) is 10.1 Å². The van der Waals surface area contributed by atoms with Gasteiger partial charge < -0.3 is 0 Å². The number of para-hydroxylation sites is 1. The first-order valence-corrected chi connectivity index (χ1v) is 8.94. The molecule has 7 nitrogen and oxygen atoms in total. The lowest BCUT2D eigenvalue weighted by atomic mass is 10.3. The molecule has 124 valence electrons. The van der Waals surface area contributed by atoms with Crippen molar-refractivity contribution in [2.75, 3.05) is 0 Å². The predicted molar refractivity (Wildman–Crippen MR) is 93.8 cm³/mol. The zero-order chi connectivity index (χ0) is 16.8. The molecule has 0 spiro atoms. The zero-order valence-electron chi connectivity index (χ0n) is 13.6. The number of nitrogens with zero attached hydrogens (tertiary/aromatic N) is 7. The van der Waals surface area contributed by atoms with Crippen molar-refractivity contribution >= 4 is 22.8 Å². The predicted octanol–water partition coefficient (Wildman–Crippen LogP) is 2.97. The maximum atomic E-state index is 4.78. The van der Waals surface area contributed by atoms with Gasteiger partial charge in [-0.1, -0.05) is 18.2 Å². The summed E-state index contributed by atoms with van der Waals surface area (Å²) in [5, 5.41) is 11.4. The summed E-state index contributed by atoms with van der Waals surface area (Å²) in [7, 11) is 1.87. The van der Waals surface area contributed by atoms with Gasteiger partial charge in [0.1, 0.15) is 17.2 Å². The first-order valence-electron chi connectivity index (χ1n) is 8.12. The van der Waals surface area contributed by atoms with Crippen LogP contribution in [0.1, 0.15) is 24.6 Å². The quantitative estimate of drug-likeness (QED) is 0.527. The van der Waals surface area contributed by atoms with E-state index >= 15 is 0 Å². The summed E-state index contributed by atoms with van der Waals surface area (Å²) >= 11 is 1.46. The highest BCUT2D eigenvalue weighted by atomic mass is 32.2. The van der Waals surface area contributed by atoms with Gasteiger partial charge in [0.15, 0.2) is 5.65 Å². The molecule has 1 saturated carbocycles. The van der Waals surface area contributed by atoms with Gasteiger partial charge in [-0.15, -0.1) is 5.10 Å². The molecular weight excluding hydrogens is 334 g/mol. The van der Waals surface area contributed by atoms with Gasteiger partial charge in [-0.2, -0.15) is 5.10 Å². The molecule has 0 saturated heterocycles. The molecule has 1 aromatic carbocycles. The summed E-state index contributed by atoms with van der Waals surface area (Å²) in [6, 6.07) is 10.2. The molecule has 0 aliphatic heterocycles. The summed E-state index contributed by atoms with van der Waals surface area (Å²) in [5.74, 6) is 1.54. The second-order valence-electron chi connectivity index (χ2n) is 6.06. The molecule has 25 heavy (non-hydrogen) atoms. The average Bonchev–Trinajstić information content (AvgIpc) is 3.30. The third-order valence-electron chi connectivity index (χ3n) is 4.24. The Kier molecular flexibility index (Phi) is 3.30. The lowest BCUT2D eigenvalue weighted by Crippen LogP contribution is -2.01. The van der Waals surface area contributed by atoms with E-state index in [-0.39, 0.29) is 0 Å². The number of rotatable bonds is 4. The first-order chi connectivity index (χ1) is 12.3. The molecule has 8 heteroatoms. The lowest BCUT2D eigenvalue weighted by molar-refractivity contribution is 0.781. The normalized spacial score (nSPS) is 14.3. The van der Waals surface area contributed by atoms with Crippen LogP contribution in [0.3, 0.4) is 0 Å². The van der Waals surface area contributed by atoms with Gasteiger partial charge in [0.05, 0.1) is 17.3 Å². The van der Waals surface area contributed by atoms with Crippen LogP contribution in [0.15, 0.2) is 53.0 Å². The Bertz CT molecular complexity index is 1050. The van der Waals surface area contributed by atoms with Crippen LogP contribution in [0.4, 0.5) is 0 Å². The molecule has 3 heterocycles. The van der Waals surface area contributed by atoms with Crippen molar-refractivity contribution in [2.24, 2.45) is 7.05 Å². The fourth-order valence-electron chi connectivity index (χ4n) is 2.82. The molecule has 3 aromatic heterocycles. The van der Waals surface area contributed by atoms with Crippen LogP contribution in [0.25, 0.3) is 16.7 Å². The fraction of sp³-hybridized carbons (Fsp3) is 0.235. The summed E-state index contributed by atoms with van der Waals surface area (Å²) in [6.07, 6.45) is 5.70. The maximum absolute atomic E-state index is 4.78. The summed E-state index contributed by atoms with van der Waals surface area (Å²) < 4.78 is 3.70. The summed E-state index contributed by atoms with van der Waals surface area (Å²) in [4.78, 5) is 13.5. The Morgan fingerprint density at radius 1 is 1.12 bits per heavy atom. The van der Waals surface area contributed by atoms with Gasteiger partial charge in [-0.05, 0) is 36.7 Å². The van der Waals surface area contributed by atoms with E-state index in [0.717, 1.165) is 27.6 Å². The zero-order valence-corrected chi connectivity index (χ0v) is 14.4. The third kappa shape index (κ3) is 2.58. The molecule has 0 unspecified atom stereocenters. The summed E-state index contributed by atoms with van der Waals surface area (Å²) in [6.45, 7) is 0. The monoisotopic (exact) mass is 349 g/mol. The second-order valence-corrected chi connectivity index (χ2v) is 7.02. The minimum atomic E-state index is 0.505. The molecule has 0 N–H and O–H groups in total. The van der Waals surface area contributed by atoms with Gasteiger partial charge in [-0.3, -0.25) is 4.68 Å². The van der Waals surface area contributed by atoms with Crippen LogP contribution in [-0.2, 0) is 7.05 Å². The fourth-order valence-corrected chi connectivity index (χ4v) is 3.61. The Morgan fingerprint density at radius 3 is 2.76 bits per heavy atom. The van der Waals surface area contributed by atoms with Crippen LogP contribution in [0.5, 0.6) is 0 Å². The molecule has 4 aromatic rings. The van der Waals surface area contributed by atoms with E-state index in [1.165, 1.54) is 24.6 Å². The topological polar surface area (TPSA) is 74.3 Å². The number of benzene rings is 1. The Morgan fingerprint density at radius 2 is 1.96 bits per heavy atom. The van der Waals surface area contributed by atoms with Gasteiger partial charge in [0.2, 0.25) is 5.16 Å². The van der Waals surface area contributed by atoms with E-state index < -0.39 is 0 Å². The molecule has 0 bridgehead atoms. The second kappa shape index (κ2) is 5.66. The number of aromatic nitrogens is 7. The van der Waals surface area contributed by atoms with Gasteiger partial charge in [0.25, 0.3) is 0 Å². The molecule has 1 fully saturated rings. The number of hydrogen-bond acceptors (Lipinski definition) is 6. The van der Waals surface area contributed by atoms with Gasteiger partial charge in [0, 0.05) is 13.0 Å². The van der Waals surface area contributed by atoms with E-state index in [9.17, 15) is 0 Å². The molecule has 1 aliphatic rings. The van der Waals surface area contributed by atoms with Crippen LogP contribution >= 0.6 is 11.8 Å². The van der Waals surface area contributed by atoms with Gasteiger partial charge >= 0.3 is 0 Å². The van der Waals surface area contributed by atoms with Crippen LogP contribution in [0.2, 0.25) is 0 Å². The number of fused-ring (bicyclic) bond motifs is 1. The average molecular weight is 349 g/mol. The van der Waals surface area contributed by atoms with Gasteiger partial charge in [-0.25, -0.2) is 19.6 Å². The van der Waals surface area contributed by atoms with Crippen molar-refractivity contribution in [3.8, 4) is 5.69 Å². The molecule has 5 rings (SSSR count). The minimum absolute atomic E-state index is 0.505. The van der Waals surface area contributed by atoms with E-state index in [1.807, 2.05) is 29.9 Å². The Hall–Kier alpha value is -2.74. The maximum Gasteiger partial charge on any atom is 0.215 e. The highest BCUT2D eigenvalue weighted by molar-refractivity contribution is 7.99. The Labute approximate surface area is 148 Å². The smallest absolute Gasteiger partial charge is 0.215 e. The van der Waals surface area contributed by atoms with Crippen LogP contribution in [0, 0.1) is 0 Å². The standard InChI is InChI=1S/C17H15N7S/c1-23-15-13(9-20-23)16(19-10-18-15)25-17-21-14(11-7-8-11)24(22-17)12-5-3-2-4-6-12/h2-6,9-11H,7-8H2,1H3. The SMILES string of the molecule is Cn1ncc2c(Sc3nc(C4CC4)n(-c4ccccc4)n3)ncnc21. The molecule has 0 radical (unpaired) electrons. The number of aryl methyl sites for hydroxylation is 1. The lowest BCUT2D eigenvalue weighted by Gasteiger charge is -2.03. The van der Waals surface area contributed by atoms with Crippen molar-refractivity contribution in [3.63, 3.8) is 0 Å². The van der Waals surface area contributed by atoms with Crippen LogP contribution < -0.4 is 0 Å². The van der Waals surface area contributed by atoms with E-state index in [1.54, 1.807) is 17.2 Å². The molecule has 1 aliphatic carbocycles. The molecule has 0 amide bonds. The summed E-state index contributed by atoms with van der Waals surface area (Å²) in [5.41, 5.74) is 1.85.